The Balaban J connectivity index is 1.66. The van der Waals surface area contributed by atoms with Gasteiger partial charge in [-0.05, 0) is 45.4 Å². The molecule has 8 heteroatoms. The molecule has 0 fully saturated rings. The van der Waals surface area contributed by atoms with E-state index >= 15 is 0 Å². The van der Waals surface area contributed by atoms with Gasteiger partial charge < -0.3 is 9.47 Å². The van der Waals surface area contributed by atoms with E-state index in [2.05, 4.69) is 15.1 Å². The van der Waals surface area contributed by atoms with E-state index in [0.717, 1.165) is 17.0 Å². The Morgan fingerprint density at radius 3 is 2.75 bits per heavy atom. The minimum atomic E-state index is -0.348. The number of benzene rings is 1. The maximum Gasteiger partial charge on any atom is 0.338 e. The molecule has 0 saturated heterocycles. The van der Waals surface area contributed by atoms with E-state index in [0.29, 0.717) is 28.9 Å². The SMILES string of the molecule is Cc1cc(C)n2nc(SCc3ccccc3C(=O)OCCOC(C)C)nc2n1. The number of carbonyl (C=O) groups excluding carboxylic acids is 1. The van der Waals surface area contributed by atoms with E-state index in [1.807, 2.05) is 52.0 Å². The first-order valence-corrected chi connectivity index (χ1v) is 10.1. The molecule has 0 amide bonds. The zero-order valence-electron chi connectivity index (χ0n) is 16.5. The quantitative estimate of drug-likeness (QED) is 0.325. The number of carbonyl (C=O) groups is 1. The number of thioether (sulfide) groups is 1. The van der Waals surface area contributed by atoms with Gasteiger partial charge in [0, 0.05) is 17.1 Å². The highest BCUT2D eigenvalue weighted by Gasteiger charge is 2.14. The smallest absolute Gasteiger partial charge is 0.338 e. The molecule has 0 N–H and O–H groups in total. The van der Waals surface area contributed by atoms with Crippen molar-refractivity contribution in [2.75, 3.05) is 13.2 Å². The van der Waals surface area contributed by atoms with Crippen LogP contribution in [0.15, 0.2) is 35.5 Å². The van der Waals surface area contributed by atoms with Gasteiger partial charge in [0.05, 0.1) is 18.3 Å². The summed E-state index contributed by atoms with van der Waals surface area (Å²) in [5, 5.41) is 5.11. The van der Waals surface area contributed by atoms with E-state index < -0.39 is 0 Å². The van der Waals surface area contributed by atoms with Gasteiger partial charge in [-0.2, -0.15) is 4.98 Å². The molecule has 0 bridgehead atoms. The number of hydrogen-bond donors (Lipinski definition) is 0. The molecule has 1 aromatic carbocycles. The van der Waals surface area contributed by atoms with E-state index in [9.17, 15) is 4.79 Å². The molecular formula is C20H24N4O3S. The van der Waals surface area contributed by atoms with E-state index in [1.165, 1.54) is 11.8 Å². The van der Waals surface area contributed by atoms with Crippen molar-refractivity contribution < 1.29 is 14.3 Å². The summed E-state index contributed by atoms with van der Waals surface area (Å²) in [6, 6.07) is 9.38. The first-order valence-electron chi connectivity index (χ1n) is 9.14. The number of hydrogen-bond acceptors (Lipinski definition) is 7. The average Bonchev–Trinajstić information content (AvgIpc) is 3.06. The van der Waals surface area contributed by atoms with Gasteiger partial charge in [0.25, 0.3) is 5.78 Å². The molecule has 0 spiro atoms. The lowest BCUT2D eigenvalue weighted by Crippen LogP contribution is -2.14. The minimum Gasteiger partial charge on any atom is -0.460 e. The van der Waals surface area contributed by atoms with Gasteiger partial charge in [0.15, 0.2) is 0 Å². The number of aromatic nitrogens is 4. The third-order valence-corrected chi connectivity index (χ3v) is 4.85. The first-order chi connectivity index (χ1) is 13.4. The highest BCUT2D eigenvalue weighted by atomic mass is 32.2. The summed E-state index contributed by atoms with van der Waals surface area (Å²) in [6.07, 6.45) is 0.113. The van der Waals surface area contributed by atoms with Gasteiger partial charge in [-0.25, -0.2) is 14.3 Å². The number of rotatable bonds is 8. The van der Waals surface area contributed by atoms with Crippen molar-refractivity contribution in [2.45, 2.75) is 44.7 Å². The van der Waals surface area contributed by atoms with Crippen LogP contribution in [0.2, 0.25) is 0 Å². The Morgan fingerprint density at radius 1 is 1.18 bits per heavy atom. The summed E-state index contributed by atoms with van der Waals surface area (Å²) in [4.78, 5) is 21.3. The predicted molar refractivity (Wildman–Crippen MR) is 108 cm³/mol. The average molecular weight is 401 g/mol. The number of esters is 1. The lowest BCUT2D eigenvalue weighted by atomic mass is 10.1. The highest BCUT2D eigenvalue weighted by molar-refractivity contribution is 7.98. The molecule has 3 aromatic rings. The van der Waals surface area contributed by atoms with Crippen molar-refractivity contribution >= 4 is 23.5 Å². The van der Waals surface area contributed by atoms with Crippen molar-refractivity contribution in [1.82, 2.24) is 19.6 Å². The summed E-state index contributed by atoms with van der Waals surface area (Å²) in [7, 11) is 0. The van der Waals surface area contributed by atoms with Crippen LogP contribution in [0.4, 0.5) is 0 Å². The van der Waals surface area contributed by atoms with Gasteiger partial charge in [-0.1, -0.05) is 30.0 Å². The summed E-state index contributed by atoms with van der Waals surface area (Å²) < 4.78 is 12.5. The molecule has 0 aliphatic heterocycles. The van der Waals surface area contributed by atoms with Crippen LogP contribution >= 0.6 is 11.8 Å². The maximum atomic E-state index is 12.4. The third-order valence-electron chi connectivity index (χ3n) is 3.96. The molecule has 3 rings (SSSR count). The van der Waals surface area contributed by atoms with Gasteiger partial charge in [-0.15, -0.1) is 5.10 Å². The fourth-order valence-corrected chi connectivity index (χ4v) is 3.51. The fraction of sp³-hybridized carbons (Fsp3) is 0.400. The second-order valence-corrected chi connectivity index (χ2v) is 7.59. The second kappa shape index (κ2) is 9.16. The Hall–Kier alpha value is -2.45. The van der Waals surface area contributed by atoms with Gasteiger partial charge in [-0.3, -0.25) is 0 Å². The van der Waals surface area contributed by atoms with E-state index in [4.69, 9.17) is 9.47 Å². The van der Waals surface area contributed by atoms with E-state index in [-0.39, 0.29) is 18.7 Å². The molecule has 0 atom stereocenters. The lowest BCUT2D eigenvalue weighted by molar-refractivity contribution is 0.0176. The van der Waals surface area contributed by atoms with Crippen LogP contribution in [0, 0.1) is 13.8 Å². The third kappa shape index (κ3) is 5.08. The molecule has 0 aliphatic rings. The Labute approximate surface area is 168 Å². The molecule has 0 saturated carbocycles. The summed E-state index contributed by atoms with van der Waals surface area (Å²) in [5.41, 5.74) is 3.31. The molecule has 7 nitrogen and oxygen atoms in total. The molecule has 0 unspecified atom stereocenters. The van der Waals surface area contributed by atoms with Crippen molar-refractivity contribution in [1.29, 1.82) is 0 Å². The summed E-state index contributed by atoms with van der Waals surface area (Å²) in [6.45, 7) is 8.41. The van der Waals surface area contributed by atoms with Crippen LogP contribution in [0.1, 0.15) is 41.2 Å². The molecule has 2 aromatic heterocycles. The van der Waals surface area contributed by atoms with E-state index in [1.54, 1.807) is 10.6 Å². The lowest BCUT2D eigenvalue weighted by Gasteiger charge is -2.10. The number of ether oxygens (including phenoxy) is 2. The normalized spacial score (nSPS) is 11.3. The van der Waals surface area contributed by atoms with Crippen LogP contribution < -0.4 is 0 Å². The van der Waals surface area contributed by atoms with Crippen molar-refractivity contribution in [3.8, 4) is 0 Å². The molecule has 28 heavy (non-hydrogen) atoms. The molecular weight excluding hydrogens is 376 g/mol. The van der Waals surface area contributed by atoms with Crippen LogP contribution in [0.3, 0.4) is 0 Å². The predicted octanol–water partition coefficient (Wildman–Crippen LogP) is 3.62. The number of fused-ring (bicyclic) bond motifs is 1. The van der Waals surface area contributed by atoms with Crippen molar-refractivity contribution in [3.63, 3.8) is 0 Å². The monoisotopic (exact) mass is 400 g/mol. The fourth-order valence-electron chi connectivity index (χ4n) is 2.69. The topological polar surface area (TPSA) is 78.6 Å². The summed E-state index contributed by atoms with van der Waals surface area (Å²) >= 11 is 1.46. The molecule has 0 radical (unpaired) electrons. The minimum absolute atomic E-state index is 0.113. The van der Waals surface area contributed by atoms with Gasteiger partial charge >= 0.3 is 5.97 Å². The Bertz CT molecular complexity index is 971. The van der Waals surface area contributed by atoms with Gasteiger partial charge in [0.1, 0.15) is 6.61 Å². The highest BCUT2D eigenvalue weighted by Crippen LogP contribution is 2.23. The number of nitrogens with zero attached hydrogens (tertiary/aromatic N) is 4. The Morgan fingerprint density at radius 2 is 1.96 bits per heavy atom. The maximum absolute atomic E-state index is 12.4. The zero-order chi connectivity index (χ0) is 20.1. The van der Waals surface area contributed by atoms with Gasteiger partial charge in [0.2, 0.25) is 5.16 Å². The Kier molecular flexibility index (Phi) is 6.64. The van der Waals surface area contributed by atoms with Crippen molar-refractivity contribution in [2.24, 2.45) is 0 Å². The number of aryl methyl sites for hydroxylation is 2. The zero-order valence-corrected chi connectivity index (χ0v) is 17.3. The van der Waals surface area contributed by atoms with Crippen LogP contribution in [0.25, 0.3) is 5.78 Å². The van der Waals surface area contributed by atoms with Crippen LogP contribution in [-0.2, 0) is 15.2 Å². The largest absolute Gasteiger partial charge is 0.460 e. The van der Waals surface area contributed by atoms with Crippen LogP contribution in [-0.4, -0.2) is 44.9 Å². The van der Waals surface area contributed by atoms with Crippen molar-refractivity contribution in [3.05, 3.63) is 52.8 Å². The summed E-state index contributed by atoms with van der Waals surface area (Å²) in [5.74, 6) is 0.792. The van der Waals surface area contributed by atoms with Crippen LogP contribution in [0.5, 0.6) is 0 Å². The molecule has 148 valence electrons. The second-order valence-electron chi connectivity index (χ2n) is 6.65. The standard InChI is InChI=1S/C20H24N4O3S/c1-13(2)26-9-10-27-18(25)17-8-6-5-7-16(17)12-28-20-22-19-21-14(3)11-15(4)24(19)23-20/h5-8,11,13H,9-10,12H2,1-4H3. The first kappa shape index (κ1) is 20.3. The molecule has 2 heterocycles. The molecule has 0 aliphatic carbocycles.